The van der Waals surface area contributed by atoms with Crippen LogP contribution in [0.1, 0.15) is 12.8 Å². The Balaban J connectivity index is 1.95. The highest BCUT2D eigenvalue weighted by Gasteiger charge is 2.03. The molecule has 0 aliphatic heterocycles. The summed E-state index contributed by atoms with van der Waals surface area (Å²) in [5.41, 5.74) is 7.38. The monoisotopic (exact) mass is 246 g/mol. The third-order valence-corrected chi connectivity index (χ3v) is 2.69. The summed E-state index contributed by atoms with van der Waals surface area (Å²) in [6.07, 6.45) is 3.84. The normalized spacial score (nSPS) is 10.7. The summed E-state index contributed by atoms with van der Waals surface area (Å²) in [5, 5.41) is 4.43. The molecule has 2 rings (SSSR count). The van der Waals surface area contributed by atoms with E-state index in [9.17, 15) is 0 Å². The maximum atomic E-state index is 5.65. The Morgan fingerprint density at radius 3 is 2.72 bits per heavy atom. The lowest BCUT2D eigenvalue weighted by Crippen LogP contribution is -2.00. The van der Waals surface area contributed by atoms with Gasteiger partial charge in [-0.25, -0.2) is 4.98 Å². The van der Waals surface area contributed by atoms with Crippen LogP contribution in [0.4, 0.5) is 5.69 Å². The van der Waals surface area contributed by atoms with Crippen LogP contribution in [-0.2, 0) is 11.3 Å². The number of ether oxygens (including phenoxy) is 1. The molecule has 0 atom stereocenters. The molecule has 0 unspecified atom stereocenters. The number of hydrogen-bond donors (Lipinski definition) is 1. The van der Waals surface area contributed by atoms with E-state index in [0.29, 0.717) is 0 Å². The van der Waals surface area contributed by atoms with Crippen LogP contribution in [0.2, 0.25) is 0 Å². The predicted octanol–water partition coefficient (Wildman–Crippen LogP) is 1.95. The van der Waals surface area contributed by atoms with Crippen LogP contribution in [-0.4, -0.2) is 28.5 Å². The van der Waals surface area contributed by atoms with Crippen molar-refractivity contribution in [3.05, 3.63) is 30.6 Å². The lowest BCUT2D eigenvalue weighted by molar-refractivity contribution is 0.191. The van der Waals surface area contributed by atoms with Crippen molar-refractivity contribution in [2.45, 2.75) is 19.4 Å². The van der Waals surface area contributed by atoms with Gasteiger partial charge in [0.1, 0.15) is 6.33 Å². The number of unbranched alkanes of at least 4 members (excludes halogenated alkanes) is 1. The Hall–Kier alpha value is -1.88. The number of rotatable bonds is 6. The lowest BCUT2D eigenvalue weighted by Gasteiger charge is -2.00. The molecule has 0 fully saturated rings. The highest BCUT2D eigenvalue weighted by molar-refractivity contribution is 5.57. The topological polar surface area (TPSA) is 66.0 Å². The van der Waals surface area contributed by atoms with Gasteiger partial charge < -0.3 is 10.5 Å². The van der Waals surface area contributed by atoms with Gasteiger partial charge in [-0.15, -0.1) is 0 Å². The second-order valence-electron chi connectivity index (χ2n) is 4.15. The summed E-state index contributed by atoms with van der Waals surface area (Å²) < 4.78 is 6.87. The van der Waals surface area contributed by atoms with Crippen molar-refractivity contribution in [3.63, 3.8) is 0 Å². The molecule has 0 saturated carbocycles. The first-order valence-corrected chi connectivity index (χ1v) is 6.04. The van der Waals surface area contributed by atoms with Gasteiger partial charge in [-0.3, -0.25) is 4.68 Å². The Kier molecular flexibility index (Phi) is 4.30. The summed E-state index contributed by atoms with van der Waals surface area (Å²) in [6, 6.07) is 7.57. The molecule has 0 aliphatic carbocycles. The maximum absolute atomic E-state index is 5.65. The molecule has 96 valence electrons. The molecule has 0 amide bonds. The Bertz CT molecular complexity index is 478. The molecule has 5 nitrogen and oxygen atoms in total. The third kappa shape index (κ3) is 3.30. The molecule has 5 heteroatoms. The van der Waals surface area contributed by atoms with E-state index in [1.54, 1.807) is 13.4 Å². The zero-order valence-electron chi connectivity index (χ0n) is 10.5. The summed E-state index contributed by atoms with van der Waals surface area (Å²) in [6.45, 7) is 1.66. The van der Waals surface area contributed by atoms with Gasteiger partial charge in [0.15, 0.2) is 5.82 Å². The van der Waals surface area contributed by atoms with Crippen LogP contribution < -0.4 is 5.73 Å². The van der Waals surface area contributed by atoms with Crippen molar-refractivity contribution in [3.8, 4) is 11.4 Å². The number of hydrogen-bond acceptors (Lipinski definition) is 4. The highest BCUT2D eigenvalue weighted by Crippen LogP contribution is 2.15. The molecule has 2 N–H and O–H groups in total. The molecule has 1 aromatic heterocycles. The molecule has 18 heavy (non-hydrogen) atoms. The first-order chi connectivity index (χ1) is 8.79. The second kappa shape index (κ2) is 6.16. The Morgan fingerprint density at radius 2 is 2.00 bits per heavy atom. The van der Waals surface area contributed by atoms with Gasteiger partial charge in [0.05, 0.1) is 0 Å². The second-order valence-corrected chi connectivity index (χ2v) is 4.15. The van der Waals surface area contributed by atoms with Crippen molar-refractivity contribution in [1.29, 1.82) is 0 Å². The van der Waals surface area contributed by atoms with Crippen molar-refractivity contribution in [2.24, 2.45) is 0 Å². The molecule has 2 aromatic rings. The fourth-order valence-electron chi connectivity index (χ4n) is 1.69. The van der Waals surface area contributed by atoms with Crippen molar-refractivity contribution in [2.75, 3.05) is 19.5 Å². The van der Waals surface area contributed by atoms with E-state index in [1.807, 2.05) is 28.9 Å². The summed E-state index contributed by atoms with van der Waals surface area (Å²) in [7, 11) is 1.72. The number of benzene rings is 1. The number of anilines is 1. The smallest absolute Gasteiger partial charge is 0.181 e. The fraction of sp³-hybridized carbons (Fsp3) is 0.385. The largest absolute Gasteiger partial charge is 0.399 e. The van der Waals surface area contributed by atoms with E-state index >= 15 is 0 Å². The SMILES string of the molecule is COCCCCn1cnc(-c2ccc(N)cc2)n1. The van der Waals surface area contributed by atoms with Crippen LogP contribution in [0.3, 0.4) is 0 Å². The molecular weight excluding hydrogens is 228 g/mol. The van der Waals surface area contributed by atoms with Gasteiger partial charge in [0, 0.05) is 31.5 Å². The van der Waals surface area contributed by atoms with Gasteiger partial charge in [-0.05, 0) is 37.1 Å². The minimum Gasteiger partial charge on any atom is -0.399 e. The number of nitrogen functional groups attached to an aromatic ring is 1. The number of aromatic nitrogens is 3. The fourth-order valence-corrected chi connectivity index (χ4v) is 1.69. The summed E-state index contributed by atoms with van der Waals surface area (Å²) in [4.78, 5) is 4.29. The number of nitrogens with two attached hydrogens (primary N) is 1. The molecule has 1 aromatic carbocycles. The van der Waals surface area contributed by atoms with E-state index in [4.69, 9.17) is 10.5 Å². The van der Waals surface area contributed by atoms with Crippen molar-refractivity contribution in [1.82, 2.24) is 14.8 Å². The molecular formula is C13H18N4O. The summed E-state index contributed by atoms with van der Waals surface area (Å²) >= 11 is 0. The van der Waals surface area contributed by atoms with Gasteiger partial charge in [-0.1, -0.05) is 0 Å². The average molecular weight is 246 g/mol. The first-order valence-electron chi connectivity index (χ1n) is 6.04. The number of methoxy groups -OCH3 is 1. The Labute approximate surface area is 107 Å². The van der Waals surface area contributed by atoms with E-state index in [2.05, 4.69) is 10.1 Å². The molecule has 0 radical (unpaired) electrons. The minimum absolute atomic E-state index is 0.738. The van der Waals surface area contributed by atoms with E-state index in [0.717, 1.165) is 43.1 Å². The average Bonchev–Trinajstić information content (AvgIpc) is 2.84. The molecule has 0 bridgehead atoms. The number of aryl methyl sites for hydroxylation is 1. The molecule has 0 saturated heterocycles. The Morgan fingerprint density at radius 1 is 1.22 bits per heavy atom. The molecule has 0 aliphatic rings. The maximum Gasteiger partial charge on any atom is 0.181 e. The van der Waals surface area contributed by atoms with E-state index in [1.165, 1.54) is 0 Å². The van der Waals surface area contributed by atoms with Gasteiger partial charge in [0.2, 0.25) is 0 Å². The first kappa shape index (κ1) is 12.6. The minimum atomic E-state index is 0.738. The van der Waals surface area contributed by atoms with Crippen molar-refractivity contribution >= 4 is 5.69 Å². The van der Waals surface area contributed by atoms with Crippen LogP contribution in [0.15, 0.2) is 30.6 Å². The predicted molar refractivity (Wildman–Crippen MR) is 71.0 cm³/mol. The number of nitrogens with zero attached hydrogens (tertiary/aromatic N) is 3. The van der Waals surface area contributed by atoms with E-state index < -0.39 is 0 Å². The van der Waals surface area contributed by atoms with Gasteiger partial charge in [-0.2, -0.15) is 5.10 Å². The van der Waals surface area contributed by atoms with Gasteiger partial charge in [0.25, 0.3) is 0 Å². The standard InChI is InChI=1S/C13H18N4O/c1-18-9-3-2-8-17-10-15-13(16-17)11-4-6-12(14)7-5-11/h4-7,10H,2-3,8-9,14H2,1H3. The van der Waals surface area contributed by atoms with Gasteiger partial charge >= 0.3 is 0 Å². The van der Waals surface area contributed by atoms with Crippen LogP contribution in [0, 0.1) is 0 Å². The third-order valence-electron chi connectivity index (χ3n) is 2.69. The van der Waals surface area contributed by atoms with Crippen molar-refractivity contribution < 1.29 is 4.74 Å². The van der Waals surface area contributed by atoms with E-state index in [-0.39, 0.29) is 0 Å². The summed E-state index contributed by atoms with van der Waals surface area (Å²) in [5.74, 6) is 0.738. The quantitative estimate of drug-likeness (QED) is 0.625. The molecule has 0 spiro atoms. The van der Waals surface area contributed by atoms with Crippen LogP contribution in [0.5, 0.6) is 0 Å². The molecule has 1 heterocycles. The lowest BCUT2D eigenvalue weighted by atomic mass is 10.2. The highest BCUT2D eigenvalue weighted by atomic mass is 16.5. The van der Waals surface area contributed by atoms with Crippen LogP contribution >= 0.6 is 0 Å². The van der Waals surface area contributed by atoms with Crippen LogP contribution in [0.25, 0.3) is 11.4 Å². The zero-order chi connectivity index (χ0) is 12.8. The zero-order valence-corrected chi connectivity index (χ0v) is 10.5.